The van der Waals surface area contributed by atoms with Crippen molar-refractivity contribution < 1.29 is 9.53 Å². The van der Waals surface area contributed by atoms with Crippen molar-refractivity contribution in [1.29, 1.82) is 0 Å². The van der Waals surface area contributed by atoms with Crippen LogP contribution in [0.15, 0.2) is 0 Å². The van der Waals surface area contributed by atoms with Gasteiger partial charge >= 0.3 is 0 Å². The third kappa shape index (κ3) is 3.64. The SMILES string of the molecule is CNC(=O)COCC1(N)CCCCC1. The summed E-state index contributed by atoms with van der Waals surface area (Å²) < 4.78 is 5.29. The van der Waals surface area contributed by atoms with E-state index in [0.717, 1.165) is 12.8 Å². The summed E-state index contributed by atoms with van der Waals surface area (Å²) >= 11 is 0. The molecule has 0 aromatic rings. The van der Waals surface area contributed by atoms with Crippen LogP contribution in [0.3, 0.4) is 0 Å². The number of carbonyl (C=O) groups excluding carboxylic acids is 1. The molecule has 82 valence electrons. The molecule has 1 rings (SSSR count). The number of nitrogens with one attached hydrogen (secondary N) is 1. The van der Waals surface area contributed by atoms with Gasteiger partial charge in [-0.3, -0.25) is 4.79 Å². The summed E-state index contributed by atoms with van der Waals surface area (Å²) in [6.07, 6.45) is 5.66. The fraction of sp³-hybridized carbons (Fsp3) is 0.900. The van der Waals surface area contributed by atoms with Gasteiger partial charge in [-0.2, -0.15) is 0 Å². The highest BCUT2D eigenvalue weighted by atomic mass is 16.5. The van der Waals surface area contributed by atoms with Crippen LogP contribution in [-0.2, 0) is 9.53 Å². The molecule has 0 bridgehead atoms. The van der Waals surface area contributed by atoms with Crippen molar-refractivity contribution in [3.8, 4) is 0 Å². The third-order valence-electron chi connectivity index (χ3n) is 2.75. The molecule has 1 saturated carbocycles. The Morgan fingerprint density at radius 2 is 2.07 bits per heavy atom. The van der Waals surface area contributed by atoms with Crippen molar-refractivity contribution >= 4 is 5.91 Å². The third-order valence-corrected chi connectivity index (χ3v) is 2.75. The Morgan fingerprint density at radius 1 is 1.43 bits per heavy atom. The molecule has 4 nitrogen and oxygen atoms in total. The van der Waals surface area contributed by atoms with Gasteiger partial charge in [0.05, 0.1) is 6.61 Å². The molecular formula is C10H20N2O2. The lowest BCUT2D eigenvalue weighted by molar-refractivity contribution is -0.125. The molecule has 0 aliphatic heterocycles. The van der Waals surface area contributed by atoms with Crippen LogP contribution < -0.4 is 11.1 Å². The normalized spacial score (nSPS) is 20.4. The number of hydrogen-bond donors (Lipinski definition) is 2. The van der Waals surface area contributed by atoms with E-state index in [2.05, 4.69) is 5.32 Å². The molecule has 1 amide bonds. The van der Waals surface area contributed by atoms with E-state index in [1.165, 1.54) is 19.3 Å². The topological polar surface area (TPSA) is 64.3 Å². The van der Waals surface area contributed by atoms with E-state index in [9.17, 15) is 4.79 Å². The predicted molar refractivity (Wildman–Crippen MR) is 54.9 cm³/mol. The van der Waals surface area contributed by atoms with E-state index in [1.807, 2.05) is 0 Å². The summed E-state index contributed by atoms with van der Waals surface area (Å²) in [7, 11) is 1.60. The molecule has 0 aromatic heterocycles. The zero-order valence-electron chi connectivity index (χ0n) is 8.84. The van der Waals surface area contributed by atoms with Crippen LogP contribution in [0.25, 0.3) is 0 Å². The van der Waals surface area contributed by atoms with E-state index in [1.54, 1.807) is 7.05 Å². The maximum Gasteiger partial charge on any atom is 0.245 e. The van der Waals surface area contributed by atoms with Gasteiger partial charge in [0.1, 0.15) is 6.61 Å². The second-order valence-corrected chi connectivity index (χ2v) is 4.09. The van der Waals surface area contributed by atoms with E-state index >= 15 is 0 Å². The van der Waals surface area contributed by atoms with Gasteiger partial charge in [0.15, 0.2) is 0 Å². The Kier molecular flexibility index (Phi) is 4.35. The van der Waals surface area contributed by atoms with Crippen molar-refractivity contribution in [3.63, 3.8) is 0 Å². The minimum Gasteiger partial charge on any atom is -0.370 e. The summed E-state index contributed by atoms with van der Waals surface area (Å²) in [5.74, 6) is -0.0931. The van der Waals surface area contributed by atoms with Crippen molar-refractivity contribution in [3.05, 3.63) is 0 Å². The van der Waals surface area contributed by atoms with Crippen LogP contribution in [0.4, 0.5) is 0 Å². The summed E-state index contributed by atoms with van der Waals surface area (Å²) in [5.41, 5.74) is 5.94. The quantitative estimate of drug-likeness (QED) is 0.691. The lowest BCUT2D eigenvalue weighted by Crippen LogP contribution is -2.46. The molecule has 0 saturated heterocycles. The lowest BCUT2D eigenvalue weighted by atomic mass is 9.83. The van der Waals surface area contributed by atoms with Crippen molar-refractivity contribution in [2.24, 2.45) is 5.73 Å². The Balaban J connectivity index is 2.18. The molecule has 0 aromatic carbocycles. The maximum atomic E-state index is 10.9. The summed E-state index contributed by atoms with van der Waals surface area (Å²) in [4.78, 5) is 10.9. The first-order valence-corrected chi connectivity index (χ1v) is 5.23. The number of carbonyl (C=O) groups is 1. The minimum absolute atomic E-state index is 0.0931. The van der Waals surface area contributed by atoms with Crippen molar-refractivity contribution in [2.75, 3.05) is 20.3 Å². The van der Waals surface area contributed by atoms with Gasteiger partial charge < -0.3 is 15.8 Å². The molecule has 4 heteroatoms. The maximum absolute atomic E-state index is 10.9. The van der Waals surface area contributed by atoms with Crippen molar-refractivity contribution in [2.45, 2.75) is 37.6 Å². The number of rotatable bonds is 4. The first-order valence-electron chi connectivity index (χ1n) is 5.23. The zero-order chi connectivity index (χ0) is 10.4. The highest BCUT2D eigenvalue weighted by Crippen LogP contribution is 2.25. The van der Waals surface area contributed by atoms with Crippen LogP contribution in [0.2, 0.25) is 0 Å². The van der Waals surface area contributed by atoms with Crippen LogP contribution in [0.1, 0.15) is 32.1 Å². The zero-order valence-corrected chi connectivity index (χ0v) is 8.84. The fourth-order valence-corrected chi connectivity index (χ4v) is 1.82. The Bertz CT molecular complexity index is 189. The summed E-state index contributed by atoms with van der Waals surface area (Å²) in [5, 5.41) is 2.51. The number of likely N-dealkylation sites (N-methyl/N-ethyl adjacent to an activating group) is 1. The monoisotopic (exact) mass is 200 g/mol. The van der Waals surface area contributed by atoms with E-state index < -0.39 is 0 Å². The average Bonchev–Trinajstić information content (AvgIpc) is 2.18. The molecule has 3 N–H and O–H groups in total. The van der Waals surface area contributed by atoms with Crippen LogP contribution in [0, 0.1) is 0 Å². The second kappa shape index (κ2) is 5.32. The van der Waals surface area contributed by atoms with Crippen LogP contribution in [-0.4, -0.2) is 31.7 Å². The first kappa shape index (κ1) is 11.5. The molecule has 0 radical (unpaired) electrons. The van der Waals surface area contributed by atoms with Crippen LogP contribution >= 0.6 is 0 Å². The van der Waals surface area contributed by atoms with Gasteiger partial charge in [-0.15, -0.1) is 0 Å². The molecule has 14 heavy (non-hydrogen) atoms. The lowest BCUT2D eigenvalue weighted by Gasteiger charge is -2.32. The van der Waals surface area contributed by atoms with Gasteiger partial charge in [0.2, 0.25) is 5.91 Å². The average molecular weight is 200 g/mol. The number of nitrogens with two attached hydrogens (primary N) is 1. The smallest absolute Gasteiger partial charge is 0.245 e. The molecule has 1 aliphatic carbocycles. The highest BCUT2D eigenvalue weighted by molar-refractivity contribution is 5.76. The Labute approximate surface area is 85.2 Å². The number of hydrogen-bond acceptors (Lipinski definition) is 3. The highest BCUT2D eigenvalue weighted by Gasteiger charge is 2.27. The first-order chi connectivity index (χ1) is 6.66. The molecule has 0 unspecified atom stereocenters. The van der Waals surface area contributed by atoms with Crippen molar-refractivity contribution in [1.82, 2.24) is 5.32 Å². The molecule has 1 aliphatic rings. The number of ether oxygens (including phenoxy) is 1. The molecule has 0 spiro atoms. The molecule has 0 atom stereocenters. The Morgan fingerprint density at radius 3 is 2.64 bits per heavy atom. The van der Waals surface area contributed by atoms with Gasteiger partial charge in [0, 0.05) is 12.6 Å². The molecular weight excluding hydrogens is 180 g/mol. The van der Waals surface area contributed by atoms with E-state index in [0.29, 0.717) is 6.61 Å². The second-order valence-electron chi connectivity index (χ2n) is 4.09. The predicted octanol–water partition coefficient (Wildman–Crippen LogP) is 0.411. The van der Waals surface area contributed by atoms with Gasteiger partial charge in [-0.25, -0.2) is 0 Å². The molecule has 1 fully saturated rings. The fourth-order valence-electron chi connectivity index (χ4n) is 1.82. The minimum atomic E-state index is -0.188. The summed E-state index contributed by atoms with van der Waals surface area (Å²) in [6, 6.07) is 0. The summed E-state index contributed by atoms with van der Waals surface area (Å²) in [6.45, 7) is 0.621. The van der Waals surface area contributed by atoms with E-state index in [-0.39, 0.29) is 18.1 Å². The molecule has 0 heterocycles. The van der Waals surface area contributed by atoms with Gasteiger partial charge in [-0.1, -0.05) is 19.3 Å². The van der Waals surface area contributed by atoms with E-state index in [4.69, 9.17) is 10.5 Å². The van der Waals surface area contributed by atoms with Crippen LogP contribution in [0.5, 0.6) is 0 Å². The largest absolute Gasteiger partial charge is 0.370 e. The Hall–Kier alpha value is -0.610. The van der Waals surface area contributed by atoms with Gasteiger partial charge in [-0.05, 0) is 12.8 Å². The van der Waals surface area contributed by atoms with Gasteiger partial charge in [0.25, 0.3) is 0 Å². The number of amides is 1. The standard InChI is InChI=1S/C10H20N2O2/c1-12-9(13)7-14-8-10(11)5-3-2-4-6-10/h2-8,11H2,1H3,(H,12,13).